The Morgan fingerprint density at radius 2 is 0.803 bits per heavy atom. The molecule has 0 saturated heterocycles. The summed E-state index contributed by atoms with van der Waals surface area (Å²) in [6.45, 7) is 13.2. The number of ether oxygens (including phenoxy) is 2. The maximum absolute atomic E-state index is 7.51. The van der Waals surface area contributed by atoms with Crippen molar-refractivity contribution in [2.24, 2.45) is 0 Å². The molecular weight excluding hydrogens is 1430 g/mol. The van der Waals surface area contributed by atoms with Crippen molar-refractivity contribution >= 4 is 236 Å². The molecule has 0 fully saturated rings. The highest BCUT2D eigenvalue weighted by atomic mass is 32.2. The van der Waals surface area contributed by atoms with E-state index >= 15 is 0 Å². The van der Waals surface area contributed by atoms with Gasteiger partial charge in [0, 0.05) is 94.4 Å². The quantitative estimate of drug-likeness (QED) is 0.142. The zero-order chi connectivity index (χ0) is 79.7. The topological polar surface area (TPSA) is 36.5 Å². The molecule has 0 N–H and O–H groups in total. The van der Waals surface area contributed by atoms with Crippen molar-refractivity contribution in [3.63, 3.8) is 0 Å². The Labute approximate surface area is 696 Å². The fraction of sp³-hybridized carbons (Fsp3) is 0.0800. The molecule has 15 aromatic carbocycles. The van der Waals surface area contributed by atoms with Gasteiger partial charge in [0.25, 0.3) is 6.71 Å². The van der Waals surface area contributed by atoms with E-state index < -0.39 is 0 Å². The lowest BCUT2D eigenvalue weighted by Gasteiger charge is -2.41. The fourth-order valence-corrected chi connectivity index (χ4v) is 20.2. The number of fused-ring (bicyclic) bond motifs is 15. The highest BCUT2D eigenvalue weighted by molar-refractivity contribution is 8.00. The van der Waals surface area contributed by atoms with Crippen molar-refractivity contribution in [3.05, 3.63) is 290 Å². The summed E-state index contributed by atoms with van der Waals surface area (Å²) in [6, 6.07) is 99.4. The van der Waals surface area contributed by atoms with Gasteiger partial charge < -0.3 is 28.1 Å². The van der Waals surface area contributed by atoms with Crippen LogP contribution in [-0.4, -0.2) is 89.9 Å². The van der Waals surface area contributed by atoms with E-state index in [1.807, 2.05) is 4.57 Å². The van der Waals surface area contributed by atoms with Crippen LogP contribution in [0.4, 0.5) is 17.1 Å². The summed E-state index contributed by atoms with van der Waals surface area (Å²) >= 11 is 1.81. The highest BCUT2D eigenvalue weighted by Gasteiger charge is 2.45. The third-order valence-electron chi connectivity index (χ3n) is 24.9. The number of benzene rings is 15. The summed E-state index contributed by atoms with van der Waals surface area (Å²) in [5.74, 6) is 2.99. The Morgan fingerprint density at radius 1 is 0.308 bits per heavy atom. The van der Waals surface area contributed by atoms with Crippen LogP contribution < -0.4 is 90.9 Å². The summed E-state index contributed by atoms with van der Waals surface area (Å²) in [5.41, 5.74) is 28.0. The van der Waals surface area contributed by atoms with E-state index in [4.69, 9.17) is 72.2 Å². The molecule has 3 aromatic heterocycles. The van der Waals surface area contributed by atoms with Crippen LogP contribution in [-0.2, 0) is 10.8 Å². The average molecular weight is 1490 g/mol. The van der Waals surface area contributed by atoms with E-state index in [1.165, 1.54) is 21.9 Å². The molecule has 0 spiro atoms. The Balaban J connectivity index is 0.813. The number of rotatable bonds is 8. The van der Waals surface area contributed by atoms with E-state index in [0.717, 1.165) is 155 Å². The number of aromatic nitrogens is 3. The van der Waals surface area contributed by atoms with E-state index in [-0.39, 0.29) is 68.0 Å². The van der Waals surface area contributed by atoms with E-state index in [0.29, 0.717) is 33.2 Å². The first-order valence-electron chi connectivity index (χ1n) is 39.6. The summed E-state index contributed by atoms with van der Waals surface area (Å²) < 4.78 is 21.5. The predicted molar refractivity (Wildman–Crippen MR) is 502 cm³/mol. The highest BCUT2D eigenvalue weighted by Crippen LogP contribution is 2.50. The van der Waals surface area contributed by atoms with E-state index in [2.05, 4.69) is 335 Å². The molecule has 17 heteroatoms. The van der Waals surface area contributed by atoms with Gasteiger partial charge in [-0.3, -0.25) is 0 Å². The minimum Gasteiger partial charge on any atom is -0.458 e. The minimum atomic E-state index is -0.339. The molecule has 22 rings (SSSR count). The van der Waals surface area contributed by atoms with Crippen LogP contribution in [0, 0.1) is 0 Å². The molecule has 18 aromatic rings. The first-order chi connectivity index (χ1) is 56.6. The number of nitrogens with zero attached hydrogens (tertiary/aromatic N) is 4. The number of anilines is 3. The molecule has 0 unspecified atom stereocenters. The number of para-hydroxylation sites is 2. The Morgan fingerprint density at radius 3 is 1.42 bits per heavy atom. The van der Waals surface area contributed by atoms with Crippen LogP contribution in [0.2, 0.25) is 0 Å². The van der Waals surface area contributed by atoms with Crippen LogP contribution >= 0.6 is 11.8 Å². The normalized spacial score (nSPS) is 13.2. The Hall–Kier alpha value is -12.2. The smallest absolute Gasteiger partial charge is 0.260 e. The lowest BCUT2D eigenvalue weighted by atomic mass is 9.34. The van der Waals surface area contributed by atoms with Crippen LogP contribution in [0.25, 0.3) is 116 Å². The number of hydrogen-bond acceptors (Lipinski definition) is 4. The summed E-state index contributed by atoms with van der Waals surface area (Å²) in [5, 5.41) is 4.50. The van der Waals surface area contributed by atoms with Gasteiger partial charge in [0.2, 0.25) is 6.71 Å². The molecule has 0 saturated carbocycles. The van der Waals surface area contributed by atoms with Crippen molar-refractivity contribution in [2.75, 3.05) is 4.90 Å². The van der Waals surface area contributed by atoms with Gasteiger partial charge in [0.05, 0.1) is 16.6 Å². The molecule has 117 heavy (non-hydrogen) atoms. The van der Waals surface area contributed by atoms with Gasteiger partial charge in [-0.25, -0.2) is 0 Å². The second-order valence-corrected chi connectivity index (χ2v) is 34.8. The second kappa shape index (κ2) is 26.2. The van der Waals surface area contributed by atoms with Gasteiger partial charge >= 0.3 is 0 Å². The minimum absolute atomic E-state index is 0.0799. The maximum atomic E-state index is 7.51. The van der Waals surface area contributed by atoms with Crippen LogP contribution in [0.15, 0.2) is 289 Å². The first-order valence-corrected chi connectivity index (χ1v) is 40.5. The molecular formula is C100H64B10N4O2S. The van der Waals surface area contributed by atoms with Crippen LogP contribution in [0.5, 0.6) is 23.0 Å². The molecule has 0 amide bonds. The van der Waals surface area contributed by atoms with Crippen LogP contribution in [0.3, 0.4) is 0 Å². The van der Waals surface area contributed by atoms with Gasteiger partial charge in [-0.1, -0.05) is 238 Å². The zero-order valence-electron chi connectivity index (χ0n) is 65.3. The van der Waals surface area contributed by atoms with Gasteiger partial charge in [0.1, 0.15) is 85.8 Å². The molecule has 7 heterocycles. The molecule has 0 aliphatic carbocycles. The van der Waals surface area contributed by atoms with Crippen molar-refractivity contribution < 1.29 is 9.47 Å². The lowest BCUT2D eigenvalue weighted by molar-refractivity contribution is 0.465. The van der Waals surface area contributed by atoms with E-state index in [1.54, 1.807) is 11.8 Å². The Bertz CT molecular complexity index is 7180. The zero-order valence-corrected chi connectivity index (χ0v) is 66.2. The van der Waals surface area contributed by atoms with Crippen molar-refractivity contribution in [3.8, 4) is 84.6 Å². The fourth-order valence-electron chi connectivity index (χ4n) is 19.0. The van der Waals surface area contributed by atoms with Crippen molar-refractivity contribution in [1.29, 1.82) is 0 Å². The summed E-state index contributed by atoms with van der Waals surface area (Å²) in [7, 11) is 56.4. The van der Waals surface area contributed by atoms with E-state index in [9.17, 15) is 0 Å². The molecule has 4 aliphatic rings. The third kappa shape index (κ3) is 10.9. The largest absolute Gasteiger partial charge is 0.458 e. The number of hydrogen-bond donors (Lipinski definition) is 0. The SMILES string of the molecule is [B]c1c([B])c([B])c2c(c1[B])c1c([B])c([B])c([B])c([B])c1n2-c1ccc2c(c1)N(c1cc(-c3ccccc3)cc(-c3ccccc3)c1)c1cc(-c3cc4c5c(c3)Oc3cc(-n6cc(-c7ccccc7)c7ccccc76)ccc3B5c3ccccc3O4)cc3c1B2c1ccc(-n2c4ccc(C(C)(C)C)cc4c4cc(C(C)(C)C)ccc42)cc1S3. The van der Waals surface area contributed by atoms with Gasteiger partial charge in [-0.2, -0.15) is 0 Å². The summed E-state index contributed by atoms with van der Waals surface area (Å²) in [6.07, 6.45) is 2.25. The molecule has 16 radical (unpaired) electrons. The van der Waals surface area contributed by atoms with Gasteiger partial charge in [-0.05, 0) is 203 Å². The second-order valence-electron chi connectivity index (χ2n) is 33.7. The average Bonchev–Trinajstić information content (AvgIpc) is 1.63. The van der Waals surface area contributed by atoms with Gasteiger partial charge in [-0.15, -0.1) is 21.9 Å². The van der Waals surface area contributed by atoms with Crippen molar-refractivity contribution in [1.82, 2.24) is 13.7 Å². The molecule has 6 nitrogen and oxygen atoms in total. The van der Waals surface area contributed by atoms with Crippen molar-refractivity contribution in [2.45, 2.75) is 62.2 Å². The standard InChI is InChI=1S/C100H64B10N4O2S/c1-99(2,3)60-30-38-75-67(47-60)68-48-61(100(4,5)6)31-39-76(68)112(75)64-34-37-73-83(51-64)117-84-46-58(59-44-81-96-82(45-59)116-80-50-62(32-36-72(80)110(96)71-27-17-19-29-79(71)115-81)111-52-69(55-24-14-9-15-25-55)66-26-16-18-28-74(66)111)43-78-95(84)109(73)70-35-33-63(114-97-85(87(101)89(103)91(105)93(97)107)86-88(102)90(104)92(106)94(108)98(86)114)49-77(70)113(78)65-41-56(53-20-10-7-11-21-53)40-57(42-65)54-22-12-8-13-23-54/h7-52H,1-6H3. The Kier molecular flexibility index (Phi) is 16.0. The monoisotopic (exact) mass is 1490 g/mol. The molecule has 532 valence electrons. The van der Waals surface area contributed by atoms with Crippen LogP contribution in [0.1, 0.15) is 52.7 Å². The predicted octanol–water partition coefficient (Wildman–Crippen LogP) is 12.9. The van der Waals surface area contributed by atoms with Gasteiger partial charge in [0.15, 0.2) is 0 Å². The maximum Gasteiger partial charge on any atom is 0.260 e. The first kappa shape index (κ1) is 71.4. The molecule has 4 aliphatic heterocycles. The molecule has 0 bridgehead atoms. The lowest BCUT2D eigenvalue weighted by Crippen LogP contribution is -2.59. The molecule has 0 atom stereocenters. The summed E-state index contributed by atoms with van der Waals surface area (Å²) in [4.78, 5) is 4.64. The third-order valence-corrected chi connectivity index (χ3v) is 26.0.